The van der Waals surface area contributed by atoms with Gasteiger partial charge in [-0.15, -0.1) is 0 Å². The standard InChI is InChI=1S/C21H20N2O4/c1-12-8-13(2)18-15(9-12)11-16(20(24)25)19(23-18)22-17(21(26)27)10-14-6-4-3-5-7-14/h3-9,11,17H,10H2,1-2H3,(H,22,23)(H,24,25)(H,26,27)/t17-/m0/s1. The van der Waals surface area contributed by atoms with Crippen LogP contribution in [0.1, 0.15) is 27.0 Å². The minimum atomic E-state index is -1.16. The van der Waals surface area contributed by atoms with Crippen molar-refractivity contribution >= 4 is 28.7 Å². The number of anilines is 1. The van der Waals surface area contributed by atoms with Gasteiger partial charge < -0.3 is 15.5 Å². The van der Waals surface area contributed by atoms with Crippen LogP contribution in [-0.2, 0) is 11.2 Å². The van der Waals surface area contributed by atoms with E-state index in [1.165, 1.54) is 6.07 Å². The molecule has 0 radical (unpaired) electrons. The molecule has 0 fully saturated rings. The Morgan fingerprint density at radius 3 is 2.41 bits per heavy atom. The molecule has 27 heavy (non-hydrogen) atoms. The molecule has 1 heterocycles. The lowest BCUT2D eigenvalue weighted by Gasteiger charge is -2.18. The number of nitrogens with one attached hydrogen (secondary N) is 1. The average molecular weight is 364 g/mol. The van der Waals surface area contributed by atoms with E-state index in [2.05, 4.69) is 10.3 Å². The minimum absolute atomic E-state index is 0.0492. The Morgan fingerprint density at radius 2 is 1.78 bits per heavy atom. The fraction of sp³-hybridized carbons (Fsp3) is 0.190. The molecule has 0 amide bonds. The maximum absolute atomic E-state index is 11.7. The van der Waals surface area contributed by atoms with Gasteiger partial charge in [-0.2, -0.15) is 0 Å². The van der Waals surface area contributed by atoms with Gasteiger partial charge in [0.1, 0.15) is 17.4 Å². The summed E-state index contributed by atoms with van der Waals surface area (Å²) < 4.78 is 0. The van der Waals surface area contributed by atoms with Crippen molar-refractivity contribution in [1.82, 2.24) is 4.98 Å². The highest BCUT2D eigenvalue weighted by molar-refractivity contribution is 5.99. The molecule has 0 aliphatic heterocycles. The van der Waals surface area contributed by atoms with Crippen molar-refractivity contribution in [2.45, 2.75) is 26.3 Å². The molecule has 0 aliphatic carbocycles. The number of aromatic nitrogens is 1. The van der Waals surface area contributed by atoms with Gasteiger partial charge in [-0.3, -0.25) is 0 Å². The maximum atomic E-state index is 11.7. The van der Waals surface area contributed by atoms with E-state index < -0.39 is 18.0 Å². The predicted octanol–water partition coefficient (Wildman–Crippen LogP) is 3.66. The fourth-order valence-corrected chi connectivity index (χ4v) is 3.14. The maximum Gasteiger partial charge on any atom is 0.339 e. The number of aliphatic carboxylic acids is 1. The average Bonchev–Trinajstić information content (AvgIpc) is 2.61. The molecule has 0 saturated carbocycles. The van der Waals surface area contributed by atoms with Gasteiger partial charge in [0.15, 0.2) is 0 Å². The van der Waals surface area contributed by atoms with E-state index in [0.29, 0.717) is 10.9 Å². The molecular weight excluding hydrogens is 344 g/mol. The van der Waals surface area contributed by atoms with Crippen LogP contribution in [0.5, 0.6) is 0 Å². The van der Waals surface area contributed by atoms with Crippen molar-refractivity contribution in [1.29, 1.82) is 0 Å². The Bertz CT molecular complexity index is 1020. The van der Waals surface area contributed by atoms with Gasteiger partial charge >= 0.3 is 11.9 Å². The molecule has 3 rings (SSSR count). The quantitative estimate of drug-likeness (QED) is 0.617. The fourth-order valence-electron chi connectivity index (χ4n) is 3.14. The number of hydrogen-bond acceptors (Lipinski definition) is 4. The van der Waals surface area contributed by atoms with E-state index in [9.17, 15) is 19.8 Å². The van der Waals surface area contributed by atoms with Gasteiger partial charge in [-0.25, -0.2) is 14.6 Å². The van der Waals surface area contributed by atoms with Gasteiger partial charge in [0.25, 0.3) is 0 Å². The van der Waals surface area contributed by atoms with Crippen molar-refractivity contribution < 1.29 is 19.8 Å². The van der Waals surface area contributed by atoms with Crippen molar-refractivity contribution in [3.8, 4) is 0 Å². The summed E-state index contributed by atoms with van der Waals surface area (Å²) in [7, 11) is 0. The number of hydrogen-bond donors (Lipinski definition) is 3. The third kappa shape index (κ3) is 4.06. The molecule has 0 unspecified atom stereocenters. The second-order valence-electron chi connectivity index (χ2n) is 6.57. The van der Waals surface area contributed by atoms with Crippen LogP contribution in [-0.4, -0.2) is 33.2 Å². The van der Waals surface area contributed by atoms with Crippen molar-refractivity contribution in [3.63, 3.8) is 0 Å². The highest BCUT2D eigenvalue weighted by Gasteiger charge is 2.22. The molecule has 138 valence electrons. The van der Waals surface area contributed by atoms with Gasteiger partial charge in [-0.1, -0.05) is 42.0 Å². The van der Waals surface area contributed by atoms with Crippen LogP contribution in [0.2, 0.25) is 0 Å². The molecule has 0 bridgehead atoms. The zero-order valence-electron chi connectivity index (χ0n) is 15.1. The summed E-state index contributed by atoms with van der Waals surface area (Å²) in [6.45, 7) is 3.82. The first-order valence-corrected chi connectivity index (χ1v) is 8.53. The molecule has 3 N–H and O–H groups in total. The Labute approximate surface area is 156 Å². The second kappa shape index (κ2) is 7.45. The number of rotatable bonds is 6. The molecular formula is C21H20N2O4. The molecule has 0 spiro atoms. The molecule has 1 aromatic heterocycles. The van der Waals surface area contributed by atoms with Crippen LogP contribution in [0.25, 0.3) is 10.9 Å². The summed E-state index contributed by atoms with van der Waals surface area (Å²) in [5.41, 5.74) is 3.34. The summed E-state index contributed by atoms with van der Waals surface area (Å²) in [6.07, 6.45) is 0.210. The number of carbonyl (C=O) groups is 2. The molecule has 6 heteroatoms. The third-order valence-electron chi connectivity index (χ3n) is 4.37. The number of carboxylic acid groups (broad SMARTS) is 2. The number of nitrogens with zero attached hydrogens (tertiary/aromatic N) is 1. The van der Waals surface area contributed by atoms with Gasteiger partial charge in [0.05, 0.1) is 5.52 Å². The van der Waals surface area contributed by atoms with Crippen LogP contribution in [0, 0.1) is 13.8 Å². The van der Waals surface area contributed by atoms with Gasteiger partial charge in [0.2, 0.25) is 0 Å². The number of benzene rings is 2. The first-order chi connectivity index (χ1) is 12.8. The SMILES string of the molecule is Cc1cc(C)c2nc(N[C@@H](Cc3ccccc3)C(=O)O)c(C(=O)O)cc2c1. The Kier molecular flexibility index (Phi) is 5.07. The van der Waals surface area contributed by atoms with E-state index in [0.717, 1.165) is 16.7 Å². The van der Waals surface area contributed by atoms with Crippen LogP contribution < -0.4 is 5.32 Å². The molecule has 3 aromatic rings. The molecule has 2 aromatic carbocycles. The molecule has 0 aliphatic rings. The summed E-state index contributed by atoms with van der Waals surface area (Å²) in [6, 6.07) is 13.5. The summed E-state index contributed by atoms with van der Waals surface area (Å²) in [4.78, 5) is 27.9. The molecule has 0 saturated heterocycles. The second-order valence-corrected chi connectivity index (χ2v) is 6.57. The first kappa shape index (κ1) is 18.4. The van der Waals surface area contributed by atoms with Crippen LogP contribution in [0.3, 0.4) is 0 Å². The third-order valence-corrected chi connectivity index (χ3v) is 4.37. The lowest BCUT2D eigenvalue weighted by Crippen LogP contribution is -2.32. The Morgan fingerprint density at radius 1 is 1.07 bits per heavy atom. The zero-order chi connectivity index (χ0) is 19.6. The number of aryl methyl sites for hydroxylation is 2. The molecule has 1 atom stereocenters. The van der Waals surface area contributed by atoms with Crippen LogP contribution in [0.4, 0.5) is 5.82 Å². The number of fused-ring (bicyclic) bond motifs is 1. The largest absolute Gasteiger partial charge is 0.480 e. The van der Waals surface area contributed by atoms with Crippen LogP contribution >= 0.6 is 0 Å². The first-order valence-electron chi connectivity index (χ1n) is 8.53. The topological polar surface area (TPSA) is 99.5 Å². The summed E-state index contributed by atoms with van der Waals surface area (Å²) in [5, 5.41) is 22.7. The predicted molar refractivity (Wildman–Crippen MR) is 103 cm³/mol. The highest BCUT2D eigenvalue weighted by atomic mass is 16.4. The summed E-state index contributed by atoms with van der Waals surface area (Å²) >= 11 is 0. The minimum Gasteiger partial charge on any atom is -0.480 e. The zero-order valence-corrected chi connectivity index (χ0v) is 15.1. The number of carboxylic acids is 2. The highest BCUT2D eigenvalue weighted by Crippen LogP contribution is 2.25. The van der Waals surface area contributed by atoms with Crippen molar-refractivity contribution in [3.05, 3.63) is 70.8 Å². The van der Waals surface area contributed by atoms with Crippen LogP contribution in [0.15, 0.2) is 48.5 Å². The van der Waals surface area contributed by atoms with E-state index in [-0.39, 0.29) is 17.8 Å². The Balaban J connectivity index is 2.04. The lowest BCUT2D eigenvalue weighted by molar-refractivity contribution is -0.137. The number of pyridine rings is 1. The Hall–Kier alpha value is -3.41. The summed E-state index contributed by atoms with van der Waals surface area (Å²) in [5.74, 6) is -2.17. The monoisotopic (exact) mass is 364 g/mol. The van der Waals surface area contributed by atoms with Gasteiger partial charge in [0, 0.05) is 11.8 Å². The lowest BCUT2D eigenvalue weighted by atomic mass is 10.0. The normalized spacial score (nSPS) is 11.9. The van der Waals surface area contributed by atoms with Gasteiger partial charge in [-0.05, 0) is 37.1 Å². The van der Waals surface area contributed by atoms with Crippen molar-refractivity contribution in [2.75, 3.05) is 5.32 Å². The van der Waals surface area contributed by atoms with Crippen molar-refractivity contribution in [2.24, 2.45) is 0 Å². The van der Waals surface area contributed by atoms with E-state index in [1.54, 1.807) is 0 Å². The molecule has 6 nitrogen and oxygen atoms in total. The smallest absolute Gasteiger partial charge is 0.339 e. The number of aromatic carboxylic acids is 1. The van der Waals surface area contributed by atoms with E-state index in [4.69, 9.17) is 0 Å². The van der Waals surface area contributed by atoms with E-state index >= 15 is 0 Å². The van der Waals surface area contributed by atoms with E-state index in [1.807, 2.05) is 56.3 Å².